The molecule has 1 N–H and O–H groups in total. The second kappa shape index (κ2) is 5.74. The number of nitrogens with zero attached hydrogens (tertiary/aromatic N) is 1. The Morgan fingerprint density at radius 2 is 1.75 bits per heavy atom. The monoisotopic (exact) mass is 270 g/mol. The van der Waals surface area contributed by atoms with Crippen LogP contribution in [0, 0.1) is 0 Å². The maximum Gasteiger partial charge on any atom is 0.413 e. The molecule has 0 saturated carbocycles. The predicted molar refractivity (Wildman–Crippen MR) is 79.5 cm³/mol. The van der Waals surface area contributed by atoms with E-state index in [1.807, 2.05) is 57.2 Å². The first kappa shape index (κ1) is 14.1. The fourth-order valence-electron chi connectivity index (χ4n) is 1.68. The van der Waals surface area contributed by atoms with Gasteiger partial charge in [-0.25, -0.2) is 9.78 Å². The summed E-state index contributed by atoms with van der Waals surface area (Å²) in [7, 11) is 0. The van der Waals surface area contributed by atoms with E-state index in [0.29, 0.717) is 5.82 Å². The van der Waals surface area contributed by atoms with E-state index < -0.39 is 11.7 Å². The number of anilines is 1. The smallest absolute Gasteiger partial charge is 0.413 e. The van der Waals surface area contributed by atoms with E-state index in [0.717, 1.165) is 11.1 Å². The van der Waals surface area contributed by atoms with Gasteiger partial charge in [0, 0.05) is 11.8 Å². The van der Waals surface area contributed by atoms with Crippen molar-refractivity contribution in [2.24, 2.45) is 0 Å². The van der Waals surface area contributed by atoms with Crippen LogP contribution in [0.5, 0.6) is 0 Å². The molecule has 2 rings (SSSR count). The van der Waals surface area contributed by atoms with Gasteiger partial charge in [0.25, 0.3) is 0 Å². The fraction of sp³-hybridized carbons (Fsp3) is 0.250. The van der Waals surface area contributed by atoms with E-state index in [1.54, 1.807) is 12.3 Å². The highest BCUT2D eigenvalue weighted by atomic mass is 16.6. The van der Waals surface area contributed by atoms with Gasteiger partial charge >= 0.3 is 6.09 Å². The van der Waals surface area contributed by atoms with Gasteiger partial charge in [0.05, 0.1) is 0 Å². The average molecular weight is 270 g/mol. The van der Waals surface area contributed by atoms with Crippen molar-refractivity contribution in [3.8, 4) is 11.1 Å². The summed E-state index contributed by atoms with van der Waals surface area (Å²) in [5.74, 6) is 0.471. The molecule has 0 aliphatic carbocycles. The molecule has 0 atom stereocenters. The summed E-state index contributed by atoms with van der Waals surface area (Å²) in [5, 5.41) is 2.60. The highest BCUT2D eigenvalue weighted by molar-refractivity contribution is 5.83. The maximum atomic E-state index is 11.6. The second-order valence-electron chi connectivity index (χ2n) is 5.43. The molecular weight excluding hydrogens is 252 g/mol. The minimum atomic E-state index is -0.520. The van der Waals surface area contributed by atoms with E-state index in [9.17, 15) is 4.79 Å². The number of benzene rings is 1. The van der Waals surface area contributed by atoms with Crippen LogP contribution in [-0.4, -0.2) is 16.7 Å². The molecule has 0 unspecified atom stereocenters. The first-order chi connectivity index (χ1) is 9.44. The molecule has 2 aromatic rings. The number of carbonyl (C=O) groups is 1. The number of aromatic nitrogens is 1. The summed E-state index contributed by atoms with van der Waals surface area (Å²) in [5.41, 5.74) is 1.57. The molecule has 1 amide bonds. The topological polar surface area (TPSA) is 51.2 Å². The minimum absolute atomic E-state index is 0.471. The molecule has 1 aromatic carbocycles. The first-order valence-corrected chi connectivity index (χ1v) is 6.45. The molecule has 4 nitrogen and oxygen atoms in total. The summed E-state index contributed by atoms with van der Waals surface area (Å²) in [6.07, 6.45) is 1.22. The number of carbonyl (C=O) groups excluding carboxylic acids is 1. The third-order valence-corrected chi connectivity index (χ3v) is 2.50. The summed E-state index contributed by atoms with van der Waals surface area (Å²) in [4.78, 5) is 15.8. The minimum Gasteiger partial charge on any atom is -0.444 e. The molecule has 104 valence electrons. The van der Waals surface area contributed by atoms with Gasteiger partial charge in [-0.1, -0.05) is 30.3 Å². The van der Waals surface area contributed by atoms with Gasteiger partial charge in [-0.2, -0.15) is 0 Å². The van der Waals surface area contributed by atoms with Crippen molar-refractivity contribution in [3.05, 3.63) is 48.7 Å². The lowest BCUT2D eigenvalue weighted by molar-refractivity contribution is 0.0635. The zero-order valence-electron chi connectivity index (χ0n) is 11.9. The van der Waals surface area contributed by atoms with Crippen molar-refractivity contribution in [1.29, 1.82) is 0 Å². The Kier molecular flexibility index (Phi) is 4.03. The van der Waals surface area contributed by atoms with Crippen LogP contribution in [0.2, 0.25) is 0 Å². The Bertz CT molecular complexity index is 572. The molecule has 0 fully saturated rings. The third kappa shape index (κ3) is 4.09. The van der Waals surface area contributed by atoms with E-state index in [2.05, 4.69) is 10.3 Å². The van der Waals surface area contributed by atoms with Crippen LogP contribution in [0.3, 0.4) is 0 Å². The molecule has 1 aromatic heterocycles. The lowest BCUT2D eigenvalue weighted by atomic mass is 10.1. The molecular formula is C16H18N2O2. The zero-order valence-corrected chi connectivity index (χ0v) is 11.9. The molecule has 0 bridgehead atoms. The second-order valence-corrected chi connectivity index (χ2v) is 5.43. The maximum absolute atomic E-state index is 11.6. The van der Waals surface area contributed by atoms with E-state index in [-0.39, 0.29) is 0 Å². The number of pyridine rings is 1. The van der Waals surface area contributed by atoms with Gasteiger partial charge in [0.1, 0.15) is 11.4 Å². The Morgan fingerprint density at radius 3 is 2.30 bits per heavy atom. The Morgan fingerprint density at radius 1 is 1.05 bits per heavy atom. The summed E-state index contributed by atoms with van der Waals surface area (Å²) in [6, 6.07) is 13.6. The molecule has 0 aliphatic heterocycles. The highest BCUT2D eigenvalue weighted by Crippen LogP contribution is 2.19. The van der Waals surface area contributed by atoms with Crippen LogP contribution in [0.4, 0.5) is 10.6 Å². The Hall–Kier alpha value is -2.36. The van der Waals surface area contributed by atoms with Gasteiger partial charge in [-0.05, 0) is 38.5 Å². The van der Waals surface area contributed by atoms with Crippen LogP contribution in [0.1, 0.15) is 20.8 Å². The quantitative estimate of drug-likeness (QED) is 0.894. The van der Waals surface area contributed by atoms with Gasteiger partial charge < -0.3 is 4.74 Å². The highest BCUT2D eigenvalue weighted by Gasteiger charge is 2.16. The molecule has 1 heterocycles. The number of hydrogen-bond acceptors (Lipinski definition) is 3. The van der Waals surface area contributed by atoms with Crippen molar-refractivity contribution < 1.29 is 9.53 Å². The van der Waals surface area contributed by atoms with Gasteiger partial charge in [0.2, 0.25) is 0 Å². The molecule has 4 heteroatoms. The lowest BCUT2D eigenvalue weighted by Crippen LogP contribution is -2.27. The number of ether oxygens (including phenoxy) is 1. The standard InChI is InChI=1S/C16H18N2O2/c1-16(2,3)20-15(19)18-14-10-9-13(11-17-14)12-7-5-4-6-8-12/h4-11H,1-3H3,(H,17,18,19). The zero-order chi connectivity index (χ0) is 14.6. The number of nitrogens with one attached hydrogen (secondary N) is 1. The summed E-state index contributed by atoms with van der Waals surface area (Å²) >= 11 is 0. The number of rotatable bonds is 2. The molecule has 0 radical (unpaired) electrons. The van der Waals surface area contributed by atoms with E-state index in [1.165, 1.54) is 0 Å². The van der Waals surface area contributed by atoms with Crippen molar-refractivity contribution in [3.63, 3.8) is 0 Å². The summed E-state index contributed by atoms with van der Waals surface area (Å²) < 4.78 is 5.17. The third-order valence-electron chi connectivity index (χ3n) is 2.50. The molecule has 0 spiro atoms. The number of hydrogen-bond donors (Lipinski definition) is 1. The van der Waals surface area contributed by atoms with Gasteiger partial charge in [0.15, 0.2) is 0 Å². The average Bonchev–Trinajstić information content (AvgIpc) is 2.38. The van der Waals surface area contributed by atoms with Crippen molar-refractivity contribution in [2.75, 3.05) is 5.32 Å². The van der Waals surface area contributed by atoms with E-state index in [4.69, 9.17) is 4.74 Å². The largest absolute Gasteiger partial charge is 0.444 e. The molecule has 20 heavy (non-hydrogen) atoms. The predicted octanol–water partition coefficient (Wildman–Crippen LogP) is 4.10. The molecule has 0 aliphatic rings. The fourth-order valence-corrected chi connectivity index (χ4v) is 1.68. The van der Waals surface area contributed by atoms with Crippen LogP contribution in [-0.2, 0) is 4.74 Å². The Labute approximate surface area is 118 Å². The normalized spacial score (nSPS) is 10.9. The van der Waals surface area contributed by atoms with Crippen LogP contribution < -0.4 is 5.32 Å². The van der Waals surface area contributed by atoms with Gasteiger partial charge in [-0.3, -0.25) is 5.32 Å². The van der Waals surface area contributed by atoms with Crippen molar-refractivity contribution >= 4 is 11.9 Å². The lowest BCUT2D eigenvalue weighted by Gasteiger charge is -2.19. The number of amides is 1. The van der Waals surface area contributed by atoms with Crippen LogP contribution in [0.15, 0.2) is 48.7 Å². The molecule has 0 saturated heterocycles. The van der Waals surface area contributed by atoms with Crippen molar-refractivity contribution in [1.82, 2.24) is 4.98 Å². The first-order valence-electron chi connectivity index (χ1n) is 6.45. The van der Waals surface area contributed by atoms with Crippen LogP contribution in [0.25, 0.3) is 11.1 Å². The summed E-state index contributed by atoms with van der Waals surface area (Å²) in [6.45, 7) is 5.45. The Balaban J connectivity index is 2.04. The SMILES string of the molecule is CC(C)(C)OC(=O)Nc1ccc(-c2ccccc2)cn1. The van der Waals surface area contributed by atoms with Gasteiger partial charge in [-0.15, -0.1) is 0 Å². The van der Waals surface area contributed by atoms with Crippen molar-refractivity contribution in [2.45, 2.75) is 26.4 Å². The van der Waals surface area contributed by atoms with E-state index >= 15 is 0 Å². The van der Waals surface area contributed by atoms with Crippen LogP contribution >= 0.6 is 0 Å².